The highest BCUT2D eigenvalue weighted by atomic mass is 16.5. The van der Waals surface area contributed by atoms with Crippen molar-refractivity contribution in [2.45, 2.75) is 19.4 Å². The SMILES string of the molecule is CCOc1ccc(C2=NN(C(=O)c3ccco3)C(c3cccc(O)c3)C2)cc1. The number of amides is 1. The Morgan fingerprint density at radius 3 is 2.71 bits per heavy atom. The summed E-state index contributed by atoms with van der Waals surface area (Å²) < 4.78 is 10.8. The Morgan fingerprint density at radius 2 is 2.04 bits per heavy atom. The lowest BCUT2D eigenvalue weighted by Crippen LogP contribution is -2.26. The Balaban J connectivity index is 1.68. The molecular weight excluding hydrogens is 356 g/mol. The number of phenols is 1. The molecule has 1 aromatic heterocycles. The summed E-state index contributed by atoms with van der Waals surface area (Å²) in [6.45, 7) is 2.54. The van der Waals surface area contributed by atoms with Crippen LogP contribution in [0.2, 0.25) is 0 Å². The van der Waals surface area contributed by atoms with Crippen molar-refractivity contribution in [3.05, 3.63) is 83.8 Å². The van der Waals surface area contributed by atoms with Crippen molar-refractivity contribution in [2.24, 2.45) is 5.10 Å². The van der Waals surface area contributed by atoms with E-state index in [4.69, 9.17) is 9.15 Å². The second kappa shape index (κ2) is 7.60. The van der Waals surface area contributed by atoms with Crippen molar-refractivity contribution in [1.82, 2.24) is 5.01 Å². The lowest BCUT2D eigenvalue weighted by Gasteiger charge is -2.21. The van der Waals surface area contributed by atoms with Crippen LogP contribution in [0, 0.1) is 0 Å². The van der Waals surface area contributed by atoms with Crippen LogP contribution in [-0.4, -0.2) is 28.3 Å². The number of carbonyl (C=O) groups excluding carboxylic acids is 1. The van der Waals surface area contributed by atoms with Gasteiger partial charge < -0.3 is 14.3 Å². The van der Waals surface area contributed by atoms with E-state index in [9.17, 15) is 9.90 Å². The summed E-state index contributed by atoms with van der Waals surface area (Å²) in [5.41, 5.74) is 2.52. The van der Waals surface area contributed by atoms with Gasteiger partial charge >= 0.3 is 5.91 Å². The van der Waals surface area contributed by atoms with Crippen LogP contribution in [0.1, 0.15) is 41.1 Å². The van der Waals surface area contributed by atoms with Gasteiger partial charge in [0.15, 0.2) is 5.76 Å². The van der Waals surface area contributed by atoms with Gasteiger partial charge in [-0.3, -0.25) is 4.79 Å². The Bertz CT molecular complexity index is 994. The van der Waals surface area contributed by atoms with Gasteiger partial charge in [0.05, 0.1) is 24.6 Å². The largest absolute Gasteiger partial charge is 0.508 e. The van der Waals surface area contributed by atoms with E-state index >= 15 is 0 Å². The molecule has 2 heterocycles. The molecule has 0 saturated heterocycles. The van der Waals surface area contributed by atoms with E-state index in [1.54, 1.807) is 30.3 Å². The standard InChI is InChI=1S/C22H20N2O4/c1-2-27-18-10-8-15(9-11-18)19-14-20(16-5-3-6-17(25)13-16)24(23-19)22(26)21-7-4-12-28-21/h3-13,20,25H,2,14H2,1H3. The number of ether oxygens (including phenoxy) is 1. The highest BCUT2D eigenvalue weighted by molar-refractivity contribution is 6.04. The minimum atomic E-state index is -0.328. The predicted molar refractivity (Wildman–Crippen MR) is 104 cm³/mol. The van der Waals surface area contributed by atoms with Crippen molar-refractivity contribution in [3.63, 3.8) is 0 Å². The van der Waals surface area contributed by atoms with Crippen molar-refractivity contribution >= 4 is 11.6 Å². The maximum atomic E-state index is 12.9. The van der Waals surface area contributed by atoms with Crippen LogP contribution >= 0.6 is 0 Å². The van der Waals surface area contributed by atoms with Gasteiger partial charge in [0.25, 0.3) is 0 Å². The average molecular weight is 376 g/mol. The van der Waals surface area contributed by atoms with Crippen molar-refractivity contribution < 1.29 is 19.1 Å². The van der Waals surface area contributed by atoms with E-state index in [1.807, 2.05) is 37.3 Å². The molecule has 0 fully saturated rings. The van der Waals surface area contributed by atoms with Gasteiger partial charge in [-0.05, 0) is 66.6 Å². The van der Waals surface area contributed by atoms with E-state index < -0.39 is 0 Å². The number of hydrazone groups is 1. The van der Waals surface area contributed by atoms with E-state index in [1.165, 1.54) is 11.3 Å². The third kappa shape index (κ3) is 3.49. The lowest BCUT2D eigenvalue weighted by molar-refractivity contribution is 0.0678. The Kier molecular flexibility index (Phi) is 4.85. The molecule has 0 spiro atoms. The minimum Gasteiger partial charge on any atom is -0.508 e. The molecule has 0 bridgehead atoms. The maximum absolute atomic E-state index is 12.9. The molecule has 6 nitrogen and oxygen atoms in total. The summed E-state index contributed by atoms with van der Waals surface area (Å²) in [6.07, 6.45) is 1.99. The molecule has 0 saturated carbocycles. The molecule has 1 aliphatic rings. The highest BCUT2D eigenvalue weighted by Gasteiger charge is 2.34. The molecule has 0 radical (unpaired) electrons. The van der Waals surface area contributed by atoms with Crippen LogP contribution in [0.15, 0.2) is 76.4 Å². The zero-order valence-electron chi connectivity index (χ0n) is 15.4. The smallest absolute Gasteiger partial charge is 0.310 e. The van der Waals surface area contributed by atoms with Crippen LogP contribution < -0.4 is 4.74 Å². The second-order valence-corrected chi connectivity index (χ2v) is 6.45. The highest BCUT2D eigenvalue weighted by Crippen LogP contribution is 2.35. The second-order valence-electron chi connectivity index (χ2n) is 6.45. The number of aromatic hydroxyl groups is 1. The molecule has 4 rings (SSSR count). The lowest BCUT2D eigenvalue weighted by atomic mass is 9.98. The molecular formula is C22H20N2O4. The van der Waals surface area contributed by atoms with Crippen LogP contribution in [0.3, 0.4) is 0 Å². The molecule has 1 aliphatic heterocycles. The maximum Gasteiger partial charge on any atom is 0.310 e. The van der Waals surface area contributed by atoms with Crippen molar-refractivity contribution in [2.75, 3.05) is 6.61 Å². The first kappa shape index (κ1) is 17.9. The first-order valence-corrected chi connectivity index (χ1v) is 9.12. The quantitative estimate of drug-likeness (QED) is 0.717. The fraction of sp³-hybridized carbons (Fsp3) is 0.182. The molecule has 1 N–H and O–H groups in total. The molecule has 1 amide bonds. The number of nitrogens with zero attached hydrogens (tertiary/aromatic N) is 2. The number of hydrogen-bond acceptors (Lipinski definition) is 5. The monoisotopic (exact) mass is 376 g/mol. The summed E-state index contributed by atoms with van der Waals surface area (Å²) in [7, 11) is 0. The van der Waals surface area contributed by atoms with Gasteiger partial charge in [-0.1, -0.05) is 12.1 Å². The zero-order valence-corrected chi connectivity index (χ0v) is 15.4. The zero-order chi connectivity index (χ0) is 19.5. The first-order valence-electron chi connectivity index (χ1n) is 9.12. The van der Waals surface area contributed by atoms with E-state index in [0.29, 0.717) is 13.0 Å². The van der Waals surface area contributed by atoms with Crippen molar-refractivity contribution in [3.8, 4) is 11.5 Å². The Morgan fingerprint density at radius 1 is 1.21 bits per heavy atom. The fourth-order valence-electron chi connectivity index (χ4n) is 3.29. The normalized spacial score (nSPS) is 16.1. The predicted octanol–water partition coefficient (Wildman–Crippen LogP) is 4.38. The average Bonchev–Trinajstić information content (AvgIpc) is 3.39. The van der Waals surface area contributed by atoms with Crippen LogP contribution in [-0.2, 0) is 0 Å². The van der Waals surface area contributed by atoms with Gasteiger partial charge in [0, 0.05) is 6.42 Å². The summed E-state index contributed by atoms with van der Waals surface area (Å²) in [5, 5.41) is 15.9. The first-order chi connectivity index (χ1) is 13.7. The van der Waals surface area contributed by atoms with E-state index in [-0.39, 0.29) is 23.5 Å². The van der Waals surface area contributed by atoms with Crippen molar-refractivity contribution in [1.29, 1.82) is 0 Å². The van der Waals surface area contributed by atoms with E-state index in [0.717, 1.165) is 22.6 Å². The molecule has 0 aliphatic carbocycles. The topological polar surface area (TPSA) is 75.3 Å². The number of carbonyl (C=O) groups is 1. The Hall–Kier alpha value is -3.54. The van der Waals surface area contributed by atoms with Gasteiger partial charge in [-0.2, -0.15) is 5.10 Å². The number of phenolic OH excluding ortho intramolecular Hbond substituents is 1. The molecule has 1 unspecified atom stereocenters. The molecule has 3 aromatic rings. The molecule has 28 heavy (non-hydrogen) atoms. The summed E-state index contributed by atoms with van der Waals surface area (Å²) >= 11 is 0. The molecule has 6 heteroatoms. The summed E-state index contributed by atoms with van der Waals surface area (Å²) in [5.74, 6) is 0.844. The fourth-order valence-corrected chi connectivity index (χ4v) is 3.29. The van der Waals surface area contributed by atoms with Crippen LogP contribution in [0.25, 0.3) is 0 Å². The van der Waals surface area contributed by atoms with Gasteiger partial charge in [-0.15, -0.1) is 0 Å². The van der Waals surface area contributed by atoms with Gasteiger partial charge in [0.2, 0.25) is 0 Å². The number of rotatable bonds is 5. The number of benzene rings is 2. The van der Waals surface area contributed by atoms with Gasteiger partial charge in [0.1, 0.15) is 11.5 Å². The van der Waals surface area contributed by atoms with Crippen LogP contribution in [0.5, 0.6) is 11.5 Å². The van der Waals surface area contributed by atoms with Gasteiger partial charge in [-0.25, -0.2) is 5.01 Å². The molecule has 2 aromatic carbocycles. The molecule has 1 atom stereocenters. The minimum absolute atomic E-state index is 0.150. The van der Waals surface area contributed by atoms with E-state index in [2.05, 4.69) is 5.10 Å². The van der Waals surface area contributed by atoms with Crippen LogP contribution in [0.4, 0.5) is 0 Å². The number of furan rings is 1. The summed E-state index contributed by atoms with van der Waals surface area (Å²) in [4.78, 5) is 12.9. The third-order valence-electron chi connectivity index (χ3n) is 4.60. The molecule has 142 valence electrons. The Labute approximate surface area is 162 Å². The third-order valence-corrected chi connectivity index (χ3v) is 4.60. The summed E-state index contributed by atoms with van der Waals surface area (Å²) in [6, 6.07) is 17.5. The number of hydrogen-bond donors (Lipinski definition) is 1.